The van der Waals surface area contributed by atoms with Gasteiger partial charge < -0.3 is 14.5 Å². The lowest BCUT2D eigenvalue weighted by Gasteiger charge is -2.14. The molecule has 28 heavy (non-hydrogen) atoms. The molecule has 1 N–H and O–H groups in total. The van der Waals surface area contributed by atoms with Crippen LogP contribution >= 0.6 is 15.9 Å². The van der Waals surface area contributed by atoms with Gasteiger partial charge in [0.25, 0.3) is 5.91 Å². The number of hydrogen-bond donors (Lipinski definition) is 1. The highest BCUT2D eigenvalue weighted by atomic mass is 79.9. The summed E-state index contributed by atoms with van der Waals surface area (Å²) in [5, 5.41) is 7.12. The zero-order valence-electron chi connectivity index (χ0n) is 15.1. The van der Waals surface area contributed by atoms with Crippen LogP contribution in [0.2, 0.25) is 0 Å². The molecule has 8 heteroatoms. The van der Waals surface area contributed by atoms with E-state index < -0.39 is 6.10 Å². The predicted molar refractivity (Wildman–Crippen MR) is 109 cm³/mol. The van der Waals surface area contributed by atoms with Gasteiger partial charge in [0.15, 0.2) is 6.10 Å². The molecule has 0 aliphatic rings. The van der Waals surface area contributed by atoms with Gasteiger partial charge in [-0.2, -0.15) is 5.10 Å². The summed E-state index contributed by atoms with van der Waals surface area (Å²) in [6, 6.07) is 13.2. The molecule has 0 aliphatic carbocycles. The summed E-state index contributed by atoms with van der Waals surface area (Å²) in [4.78, 5) is 16.9. The Kier molecular flexibility index (Phi) is 5.12. The molecule has 1 amide bonds. The second kappa shape index (κ2) is 7.85. The van der Waals surface area contributed by atoms with Gasteiger partial charge in [0.1, 0.15) is 11.4 Å². The van der Waals surface area contributed by atoms with Gasteiger partial charge in [-0.1, -0.05) is 22.0 Å². The zero-order valence-corrected chi connectivity index (χ0v) is 16.7. The van der Waals surface area contributed by atoms with Crippen molar-refractivity contribution in [3.05, 3.63) is 77.4 Å². The Morgan fingerprint density at radius 1 is 1.21 bits per heavy atom. The van der Waals surface area contributed by atoms with E-state index in [-0.39, 0.29) is 5.91 Å². The molecule has 4 aromatic rings. The van der Waals surface area contributed by atoms with Crippen molar-refractivity contribution < 1.29 is 9.53 Å². The Morgan fingerprint density at radius 2 is 2.04 bits per heavy atom. The quantitative estimate of drug-likeness (QED) is 0.496. The number of nitrogens with zero attached hydrogens (tertiary/aromatic N) is 4. The number of carbonyl (C=O) groups excluding carboxylic acids is 1. The van der Waals surface area contributed by atoms with Crippen LogP contribution in [0.1, 0.15) is 12.6 Å². The van der Waals surface area contributed by atoms with Crippen molar-refractivity contribution in [1.82, 2.24) is 19.2 Å². The van der Waals surface area contributed by atoms with Crippen LogP contribution in [0, 0.1) is 0 Å². The number of nitrogens with one attached hydrogen (secondary N) is 1. The first-order valence-electron chi connectivity index (χ1n) is 8.75. The lowest BCUT2D eigenvalue weighted by molar-refractivity contribution is -0.122. The fourth-order valence-corrected chi connectivity index (χ4v) is 3.02. The average Bonchev–Trinajstić information content (AvgIpc) is 3.29. The van der Waals surface area contributed by atoms with Crippen molar-refractivity contribution in [1.29, 1.82) is 0 Å². The minimum absolute atomic E-state index is 0.241. The highest BCUT2D eigenvalue weighted by Crippen LogP contribution is 2.18. The molecule has 1 atom stereocenters. The monoisotopic (exact) mass is 439 g/mol. The number of carbonyl (C=O) groups is 1. The molecule has 1 aromatic carbocycles. The van der Waals surface area contributed by atoms with E-state index in [1.807, 2.05) is 47.1 Å². The van der Waals surface area contributed by atoms with Crippen LogP contribution in [0.4, 0.5) is 5.69 Å². The second-order valence-electron chi connectivity index (χ2n) is 6.33. The normalized spacial score (nSPS) is 12.1. The fraction of sp³-hybridized carbons (Fsp3) is 0.150. The first-order chi connectivity index (χ1) is 13.6. The van der Waals surface area contributed by atoms with Crippen molar-refractivity contribution in [3.8, 4) is 5.75 Å². The predicted octanol–water partition coefficient (Wildman–Crippen LogP) is 3.75. The van der Waals surface area contributed by atoms with Crippen LogP contribution in [0.25, 0.3) is 5.65 Å². The average molecular weight is 440 g/mol. The summed E-state index contributed by atoms with van der Waals surface area (Å²) >= 11 is 3.37. The third kappa shape index (κ3) is 4.23. The van der Waals surface area contributed by atoms with E-state index >= 15 is 0 Å². The number of anilines is 1. The molecule has 0 saturated carbocycles. The maximum absolute atomic E-state index is 12.4. The van der Waals surface area contributed by atoms with Crippen molar-refractivity contribution in [3.63, 3.8) is 0 Å². The highest BCUT2D eigenvalue weighted by molar-refractivity contribution is 9.10. The molecule has 142 valence electrons. The maximum Gasteiger partial charge on any atom is 0.265 e. The third-order valence-electron chi connectivity index (χ3n) is 4.13. The van der Waals surface area contributed by atoms with Crippen molar-refractivity contribution in [2.24, 2.45) is 0 Å². The first-order valence-corrected chi connectivity index (χ1v) is 9.54. The van der Waals surface area contributed by atoms with Crippen LogP contribution in [0.5, 0.6) is 5.75 Å². The Balaban J connectivity index is 1.37. The Morgan fingerprint density at radius 3 is 2.82 bits per heavy atom. The minimum Gasteiger partial charge on any atom is -0.481 e. The van der Waals surface area contributed by atoms with Gasteiger partial charge in [-0.3, -0.25) is 9.48 Å². The Bertz CT molecular complexity index is 1070. The molecule has 0 radical (unpaired) electrons. The van der Waals surface area contributed by atoms with Gasteiger partial charge in [-0.15, -0.1) is 0 Å². The molecule has 3 aromatic heterocycles. The number of aromatic nitrogens is 4. The molecule has 0 aliphatic heterocycles. The fourth-order valence-electron chi connectivity index (χ4n) is 2.76. The molecule has 1 unspecified atom stereocenters. The summed E-state index contributed by atoms with van der Waals surface area (Å²) in [7, 11) is 0. The van der Waals surface area contributed by atoms with E-state index in [1.165, 1.54) is 0 Å². The van der Waals surface area contributed by atoms with Crippen molar-refractivity contribution in [2.75, 3.05) is 5.32 Å². The topological polar surface area (TPSA) is 73.5 Å². The molecular formula is C20H18BrN5O2. The maximum atomic E-state index is 12.4. The molecule has 7 nitrogen and oxygen atoms in total. The molecule has 0 bridgehead atoms. The lowest BCUT2D eigenvalue weighted by Crippen LogP contribution is -2.30. The van der Waals surface area contributed by atoms with Gasteiger partial charge in [-0.05, 0) is 43.3 Å². The molecule has 3 heterocycles. The molecule has 0 spiro atoms. The van der Waals surface area contributed by atoms with Crippen LogP contribution in [0.3, 0.4) is 0 Å². The van der Waals surface area contributed by atoms with Crippen LogP contribution in [-0.4, -0.2) is 31.2 Å². The second-order valence-corrected chi connectivity index (χ2v) is 7.24. The van der Waals surface area contributed by atoms with Gasteiger partial charge >= 0.3 is 0 Å². The van der Waals surface area contributed by atoms with Gasteiger partial charge in [0.2, 0.25) is 0 Å². The Hall–Kier alpha value is -3.13. The smallest absolute Gasteiger partial charge is 0.265 e. The number of ether oxygens (including phenoxy) is 1. The summed E-state index contributed by atoms with van der Waals surface area (Å²) in [5.74, 6) is 0.392. The summed E-state index contributed by atoms with van der Waals surface area (Å²) < 4.78 is 10.3. The SMILES string of the molecule is CC(Oc1ccc(Br)cc1)C(=O)Nc1cnn(Cc2cn3ccccc3n2)c1. The van der Waals surface area contributed by atoms with E-state index in [0.29, 0.717) is 18.0 Å². The van der Waals surface area contributed by atoms with E-state index in [4.69, 9.17) is 4.74 Å². The van der Waals surface area contributed by atoms with E-state index in [9.17, 15) is 4.79 Å². The number of amides is 1. The lowest BCUT2D eigenvalue weighted by atomic mass is 10.3. The van der Waals surface area contributed by atoms with Crippen LogP contribution in [0.15, 0.2) is 71.7 Å². The zero-order chi connectivity index (χ0) is 19.5. The van der Waals surface area contributed by atoms with Crippen LogP contribution in [-0.2, 0) is 11.3 Å². The summed E-state index contributed by atoms with van der Waals surface area (Å²) in [6.45, 7) is 2.22. The largest absolute Gasteiger partial charge is 0.481 e. The Labute approximate surface area is 170 Å². The van der Waals surface area contributed by atoms with Gasteiger partial charge in [-0.25, -0.2) is 4.98 Å². The number of benzene rings is 1. The van der Waals surface area contributed by atoms with Gasteiger partial charge in [0.05, 0.1) is 24.1 Å². The number of rotatable bonds is 6. The van der Waals surface area contributed by atoms with E-state index in [2.05, 4.69) is 31.3 Å². The van der Waals surface area contributed by atoms with E-state index in [1.54, 1.807) is 36.1 Å². The first kappa shape index (κ1) is 18.2. The minimum atomic E-state index is -0.636. The third-order valence-corrected chi connectivity index (χ3v) is 4.66. The van der Waals surface area contributed by atoms with Crippen molar-refractivity contribution >= 4 is 33.2 Å². The molecule has 0 saturated heterocycles. The van der Waals surface area contributed by atoms with Crippen LogP contribution < -0.4 is 10.1 Å². The number of pyridine rings is 1. The number of fused-ring (bicyclic) bond motifs is 1. The molecule has 4 rings (SSSR count). The number of hydrogen-bond acceptors (Lipinski definition) is 4. The van der Waals surface area contributed by atoms with E-state index in [0.717, 1.165) is 15.8 Å². The molecular weight excluding hydrogens is 422 g/mol. The van der Waals surface area contributed by atoms with Gasteiger partial charge in [0, 0.05) is 23.1 Å². The number of halogens is 1. The van der Waals surface area contributed by atoms with Crippen molar-refractivity contribution in [2.45, 2.75) is 19.6 Å². The summed E-state index contributed by atoms with van der Waals surface area (Å²) in [5.41, 5.74) is 2.39. The summed E-state index contributed by atoms with van der Waals surface area (Å²) in [6.07, 6.45) is 6.66. The molecule has 0 fully saturated rings. The number of imidazole rings is 1. The highest BCUT2D eigenvalue weighted by Gasteiger charge is 2.16. The standard InChI is InChI=1S/C20H18BrN5O2/c1-14(28-18-7-5-15(21)6-8-18)20(27)24-16-10-22-26(12-16)13-17-11-25-9-3-2-4-19(25)23-17/h2-12,14H,13H2,1H3,(H,24,27).